The number of nitrogens with zero attached hydrogens (tertiary/aromatic N) is 2. The number of thioether (sulfide) groups is 1. The topological polar surface area (TPSA) is 73.2 Å². The van der Waals surface area contributed by atoms with Crippen LogP contribution >= 0.6 is 11.8 Å². The number of rotatable bonds is 6. The maximum Gasteiger partial charge on any atom is 0.229 e. The number of hydrogen-bond acceptors (Lipinski definition) is 4. The van der Waals surface area contributed by atoms with E-state index in [1.807, 2.05) is 30.3 Å². The Bertz CT molecular complexity index is 982. The quantitative estimate of drug-likeness (QED) is 0.578. The van der Waals surface area contributed by atoms with Crippen LogP contribution in [-0.2, 0) is 22.4 Å². The smallest absolute Gasteiger partial charge is 0.229 e. The maximum absolute atomic E-state index is 12.9. The van der Waals surface area contributed by atoms with Gasteiger partial charge in [-0.2, -0.15) is 5.26 Å². The van der Waals surface area contributed by atoms with Gasteiger partial charge in [0, 0.05) is 35.7 Å². The standard InChI is InChI=1S/C23H23N3O2S/c24-11-4-12-29-21-8-2-1-7-20(21)25-23(28)18-14-22(27)26(15-18)19-10-9-16-5-3-6-17(16)13-19/h1-2,7-10,13,18H,3-6,12,14-15H2,(H,25,28)/t18-/m0/s1. The number of hydrogen-bond donors (Lipinski definition) is 1. The van der Waals surface area contributed by atoms with Gasteiger partial charge in [-0.05, 0) is 54.7 Å². The Labute approximate surface area is 175 Å². The molecule has 0 bridgehead atoms. The molecule has 6 heteroatoms. The molecule has 2 aromatic carbocycles. The van der Waals surface area contributed by atoms with E-state index in [-0.39, 0.29) is 24.2 Å². The van der Waals surface area contributed by atoms with E-state index in [0.717, 1.165) is 29.1 Å². The van der Waals surface area contributed by atoms with Crippen LogP contribution in [0.5, 0.6) is 0 Å². The van der Waals surface area contributed by atoms with Gasteiger partial charge in [-0.25, -0.2) is 0 Å². The van der Waals surface area contributed by atoms with E-state index >= 15 is 0 Å². The van der Waals surface area contributed by atoms with Crippen LogP contribution in [0.4, 0.5) is 11.4 Å². The fourth-order valence-electron chi connectivity index (χ4n) is 4.00. The van der Waals surface area contributed by atoms with Crippen LogP contribution in [0.15, 0.2) is 47.4 Å². The fraction of sp³-hybridized carbons (Fsp3) is 0.348. The highest BCUT2D eigenvalue weighted by molar-refractivity contribution is 7.99. The first-order valence-corrected chi connectivity index (χ1v) is 11.0. The summed E-state index contributed by atoms with van der Waals surface area (Å²) in [6.45, 7) is 0.410. The molecule has 2 amide bonds. The molecule has 1 fully saturated rings. The van der Waals surface area contributed by atoms with Crippen molar-refractivity contribution in [2.45, 2.75) is 37.0 Å². The molecule has 2 aromatic rings. The third-order valence-corrected chi connectivity index (χ3v) is 6.58. The van der Waals surface area contributed by atoms with Gasteiger partial charge in [-0.1, -0.05) is 18.2 Å². The molecule has 1 N–H and O–H groups in total. The number of carbonyl (C=O) groups is 2. The summed E-state index contributed by atoms with van der Waals surface area (Å²) in [5.74, 6) is 0.181. The molecule has 1 saturated heterocycles. The van der Waals surface area contributed by atoms with Crippen LogP contribution in [0.1, 0.15) is 30.4 Å². The van der Waals surface area contributed by atoms with Crippen LogP contribution in [0.2, 0.25) is 0 Å². The highest BCUT2D eigenvalue weighted by Gasteiger charge is 2.35. The number of nitrogens with one attached hydrogen (secondary N) is 1. The van der Waals surface area contributed by atoms with Crippen molar-refractivity contribution in [2.75, 3.05) is 22.5 Å². The minimum atomic E-state index is -0.368. The van der Waals surface area contributed by atoms with E-state index in [1.54, 1.807) is 16.7 Å². The van der Waals surface area contributed by atoms with Gasteiger partial charge < -0.3 is 10.2 Å². The molecular formula is C23H23N3O2S. The van der Waals surface area contributed by atoms with Gasteiger partial charge in [-0.3, -0.25) is 9.59 Å². The monoisotopic (exact) mass is 405 g/mol. The van der Waals surface area contributed by atoms with Crippen molar-refractivity contribution in [2.24, 2.45) is 5.92 Å². The lowest BCUT2D eigenvalue weighted by Crippen LogP contribution is -2.28. The predicted molar refractivity (Wildman–Crippen MR) is 115 cm³/mol. The van der Waals surface area contributed by atoms with Crippen molar-refractivity contribution < 1.29 is 9.59 Å². The highest BCUT2D eigenvalue weighted by atomic mass is 32.2. The molecule has 5 nitrogen and oxygen atoms in total. The van der Waals surface area contributed by atoms with Crippen molar-refractivity contribution in [3.63, 3.8) is 0 Å². The van der Waals surface area contributed by atoms with E-state index in [9.17, 15) is 9.59 Å². The van der Waals surface area contributed by atoms with Crippen molar-refractivity contribution in [1.29, 1.82) is 5.26 Å². The second-order valence-corrected chi connectivity index (χ2v) is 8.59. The Morgan fingerprint density at radius 2 is 2.03 bits per heavy atom. The number of anilines is 2. The summed E-state index contributed by atoms with van der Waals surface area (Å²) >= 11 is 1.55. The van der Waals surface area contributed by atoms with Gasteiger partial charge in [-0.15, -0.1) is 11.8 Å². The zero-order valence-corrected chi connectivity index (χ0v) is 17.0. The summed E-state index contributed by atoms with van der Waals surface area (Å²) in [5, 5.41) is 11.7. The summed E-state index contributed by atoms with van der Waals surface area (Å²) in [6.07, 6.45) is 4.03. The lowest BCUT2D eigenvalue weighted by molar-refractivity contribution is -0.122. The molecule has 0 aromatic heterocycles. The van der Waals surface area contributed by atoms with Crippen LogP contribution in [-0.4, -0.2) is 24.1 Å². The number of para-hydroxylation sites is 1. The van der Waals surface area contributed by atoms with Crippen molar-refractivity contribution in [3.05, 3.63) is 53.6 Å². The second kappa shape index (κ2) is 8.71. The zero-order chi connectivity index (χ0) is 20.2. The lowest BCUT2D eigenvalue weighted by Gasteiger charge is -2.18. The number of nitriles is 1. The molecule has 1 aliphatic carbocycles. The summed E-state index contributed by atoms with van der Waals surface area (Å²) in [5.41, 5.74) is 4.34. The minimum Gasteiger partial charge on any atom is -0.325 e. The van der Waals surface area contributed by atoms with Gasteiger partial charge in [0.05, 0.1) is 17.7 Å². The Hall–Kier alpha value is -2.78. The van der Waals surface area contributed by atoms with Crippen molar-refractivity contribution in [1.82, 2.24) is 0 Å². The third kappa shape index (κ3) is 4.30. The number of amides is 2. The first kappa shape index (κ1) is 19.5. The van der Waals surface area contributed by atoms with E-state index < -0.39 is 0 Å². The summed E-state index contributed by atoms with van der Waals surface area (Å²) in [7, 11) is 0. The van der Waals surface area contributed by atoms with Crippen LogP contribution in [0.3, 0.4) is 0 Å². The largest absolute Gasteiger partial charge is 0.325 e. The Kier molecular flexibility index (Phi) is 5.86. The van der Waals surface area contributed by atoms with Gasteiger partial charge in [0.2, 0.25) is 11.8 Å². The number of benzene rings is 2. The molecule has 1 atom stereocenters. The van der Waals surface area contributed by atoms with Crippen LogP contribution < -0.4 is 10.2 Å². The molecule has 1 aliphatic heterocycles. The molecule has 0 unspecified atom stereocenters. The molecule has 29 heavy (non-hydrogen) atoms. The molecule has 0 radical (unpaired) electrons. The van der Waals surface area contributed by atoms with E-state index in [4.69, 9.17) is 5.26 Å². The highest BCUT2D eigenvalue weighted by Crippen LogP contribution is 2.32. The second-order valence-electron chi connectivity index (χ2n) is 7.45. The third-order valence-electron chi connectivity index (χ3n) is 5.51. The SMILES string of the molecule is N#CCCSc1ccccc1NC(=O)[C@H]1CC(=O)N(c2ccc3c(c2)CCC3)C1. The fourth-order valence-corrected chi connectivity index (χ4v) is 4.86. The Balaban J connectivity index is 1.43. The maximum atomic E-state index is 12.9. The van der Waals surface area contributed by atoms with Gasteiger partial charge in [0.25, 0.3) is 0 Å². The van der Waals surface area contributed by atoms with Crippen LogP contribution in [0.25, 0.3) is 0 Å². The summed E-state index contributed by atoms with van der Waals surface area (Å²) in [6, 6.07) is 16.0. The molecule has 0 spiro atoms. The first-order chi connectivity index (χ1) is 14.2. The zero-order valence-electron chi connectivity index (χ0n) is 16.2. The molecule has 2 aliphatic rings. The van der Waals surface area contributed by atoms with Gasteiger partial charge in [0.15, 0.2) is 0 Å². The predicted octanol–water partition coefficient (Wildman–Crippen LogP) is 4.17. The molecular weight excluding hydrogens is 382 g/mol. The van der Waals surface area contributed by atoms with E-state index in [0.29, 0.717) is 18.7 Å². The Morgan fingerprint density at radius 1 is 1.21 bits per heavy atom. The average molecular weight is 406 g/mol. The first-order valence-electron chi connectivity index (χ1n) is 9.97. The summed E-state index contributed by atoms with van der Waals surface area (Å²) < 4.78 is 0. The molecule has 1 heterocycles. The molecule has 4 rings (SSSR count). The van der Waals surface area contributed by atoms with Crippen LogP contribution in [0, 0.1) is 17.2 Å². The van der Waals surface area contributed by atoms with Crippen molar-refractivity contribution >= 4 is 35.0 Å². The minimum absolute atomic E-state index is 0.000206. The van der Waals surface area contributed by atoms with Crippen molar-refractivity contribution in [3.8, 4) is 6.07 Å². The lowest BCUT2D eigenvalue weighted by atomic mass is 10.1. The molecule has 148 valence electrons. The van der Waals surface area contributed by atoms with E-state index in [1.165, 1.54) is 17.5 Å². The van der Waals surface area contributed by atoms with E-state index in [2.05, 4.69) is 23.5 Å². The van der Waals surface area contributed by atoms with Gasteiger partial charge >= 0.3 is 0 Å². The number of carbonyl (C=O) groups excluding carboxylic acids is 2. The Morgan fingerprint density at radius 3 is 2.90 bits per heavy atom. The molecule has 0 saturated carbocycles. The number of aryl methyl sites for hydroxylation is 2. The average Bonchev–Trinajstić information content (AvgIpc) is 3.35. The number of fused-ring (bicyclic) bond motifs is 1. The van der Waals surface area contributed by atoms with Gasteiger partial charge in [0.1, 0.15) is 0 Å². The summed E-state index contributed by atoms with van der Waals surface area (Å²) in [4.78, 5) is 28.1. The normalized spacial score (nSPS) is 17.8.